The topological polar surface area (TPSA) is 41.6 Å². The van der Waals surface area contributed by atoms with E-state index in [0.717, 1.165) is 35.9 Å². The molecule has 4 nitrogen and oxygen atoms in total. The highest BCUT2D eigenvalue weighted by molar-refractivity contribution is 5.79. The highest BCUT2D eigenvalue weighted by Gasteiger charge is 2.16. The molecule has 1 heterocycles. The third-order valence-electron chi connectivity index (χ3n) is 5.44. The van der Waals surface area contributed by atoms with E-state index in [1.165, 1.54) is 18.5 Å². The number of carbonyl (C=O) groups excluding carboxylic acids is 1. The molecule has 0 bridgehead atoms. The smallest absolute Gasteiger partial charge is 0.224 e. The molecule has 1 atom stereocenters. The van der Waals surface area contributed by atoms with Gasteiger partial charge in [0.25, 0.3) is 0 Å². The minimum atomic E-state index is -0.00817. The Hall–Kier alpha value is -2.49. The Morgan fingerprint density at radius 1 is 1.11 bits per heavy atom. The van der Waals surface area contributed by atoms with E-state index in [2.05, 4.69) is 41.4 Å². The number of rotatable bonds is 6. The molecule has 144 valence electrons. The number of benzene rings is 2. The maximum Gasteiger partial charge on any atom is 0.224 e. The van der Waals surface area contributed by atoms with E-state index < -0.39 is 0 Å². The number of amides is 1. The van der Waals surface area contributed by atoms with Crippen LogP contribution in [0.5, 0.6) is 5.75 Å². The van der Waals surface area contributed by atoms with Gasteiger partial charge in [0, 0.05) is 18.8 Å². The summed E-state index contributed by atoms with van der Waals surface area (Å²) >= 11 is 0. The van der Waals surface area contributed by atoms with Crippen molar-refractivity contribution in [1.82, 2.24) is 5.32 Å². The molecule has 1 amide bonds. The van der Waals surface area contributed by atoms with Crippen LogP contribution in [0.1, 0.15) is 43.9 Å². The Morgan fingerprint density at radius 3 is 2.33 bits per heavy atom. The van der Waals surface area contributed by atoms with Crippen molar-refractivity contribution in [3.63, 3.8) is 0 Å². The summed E-state index contributed by atoms with van der Waals surface area (Å²) in [6.45, 7) is 6.63. The molecule has 1 fully saturated rings. The van der Waals surface area contributed by atoms with Crippen molar-refractivity contribution >= 4 is 11.6 Å². The molecule has 4 heteroatoms. The normalized spacial score (nSPS) is 16.0. The number of carbonyl (C=O) groups is 1. The summed E-state index contributed by atoms with van der Waals surface area (Å²) < 4.78 is 5.15. The van der Waals surface area contributed by atoms with Gasteiger partial charge in [-0.3, -0.25) is 4.79 Å². The van der Waals surface area contributed by atoms with Gasteiger partial charge >= 0.3 is 0 Å². The summed E-state index contributed by atoms with van der Waals surface area (Å²) in [6.07, 6.45) is 2.90. The van der Waals surface area contributed by atoms with Gasteiger partial charge in [-0.25, -0.2) is 0 Å². The highest BCUT2D eigenvalue weighted by Crippen LogP contribution is 2.24. The van der Waals surface area contributed by atoms with Gasteiger partial charge in [0.15, 0.2) is 0 Å². The molecule has 0 aromatic heterocycles. The predicted octanol–water partition coefficient (Wildman–Crippen LogP) is 4.35. The van der Waals surface area contributed by atoms with Crippen molar-refractivity contribution < 1.29 is 9.53 Å². The van der Waals surface area contributed by atoms with Crippen LogP contribution in [0.15, 0.2) is 48.5 Å². The largest absolute Gasteiger partial charge is 0.497 e. The Bertz CT molecular complexity index is 732. The molecular formula is C23H30N2O2. The van der Waals surface area contributed by atoms with Gasteiger partial charge in [0.1, 0.15) is 5.75 Å². The number of nitrogens with zero attached hydrogens (tertiary/aromatic N) is 1. The fraction of sp³-hybridized carbons (Fsp3) is 0.435. The van der Waals surface area contributed by atoms with E-state index in [1.807, 2.05) is 31.2 Å². The summed E-state index contributed by atoms with van der Waals surface area (Å²) in [5.74, 6) is 1.67. The monoisotopic (exact) mass is 366 g/mol. The predicted molar refractivity (Wildman–Crippen MR) is 110 cm³/mol. The van der Waals surface area contributed by atoms with Crippen LogP contribution in [-0.4, -0.2) is 26.1 Å². The Labute approximate surface area is 162 Å². The van der Waals surface area contributed by atoms with Crippen molar-refractivity contribution in [2.45, 2.75) is 39.2 Å². The molecule has 1 saturated heterocycles. The fourth-order valence-corrected chi connectivity index (χ4v) is 3.55. The molecule has 0 aliphatic carbocycles. The lowest BCUT2D eigenvalue weighted by molar-refractivity contribution is -0.121. The van der Waals surface area contributed by atoms with Crippen molar-refractivity contribution in [3.8, 4) is 5.75 Å². The average Bonchev–Trinajstić information content (AvgIpc) is 2.69. The van der Waals surface area contributed by atoms with Crippen LogP contribution in [-0.2, 0) is 11.2 Å². The first-order valence-electron chi connectivity index (χ1n) is 9.82. The third-order valence-corrected chi connectivity index (χ3v) is 5.44. The van der Waals surface area contributed by atoms with Gasteiger partial charge in [-0.15, -0.1) is 0 Å². The van der Waals surface area contributed by atoms with E-state index in [0.29, 0.717) is 6.42 Å². The first kappa shape index (κ1) is 19.3. The van der Waals surface area contributed by atoms with E-state index >= 15 is 0 Å². The Morgan fingerprint density at radius 2 is 1.74 bits per heavy atom. The SMILES string of the molecule is COc1ccc(CC(=O)N[C@@H](C)c2ccc(N3CCC(C)CC3)cc2)cc1. The van der Waals surface area contributed by atoms with Crippen molar-refractivity contribution in [2.24, 2.45) is 5.92 Å². The zero-order valence-electron chi connectivity index (χ0n) is 16.6. The number of nitrogens with one attached hydrogen (secondary N) is 1. The maximum atomic E-state index is 12.3. The maximum absolute atomic E-state index is 12.3. The van der Waals surface area contributed by atoms with E-state index in [-0.39, 0.29) is 11.9 Å². The van der Waals surface area contributed by atoms with Gasteiger partial charge in [-0.1, -0.05) is 31.2 Å². The molecule has 0 saturated carbocycles. The van der Waals surface area contributed by atoms with E-state index in [1.54, 1.807) is 7.11 Å². The minimum absolute atomic E-state index is 0.00817. The van der Waals surface area contributed by atoms with Crippen LogP contribution in [0.4, 0.5) is 5.69 Å². The molecule has 0 radical (unpaired) electrons. The number of methoxy groups -OCH3 is 1. The van der Waals surface area contributed by atoms with Crippen molar-refractivity contribution in [3.05, 3.63) is 59.7 Å². The van der Waals surface area contributed by atoms with Crippen LogP contribution in [0.25, 0.3) is 0 Å². The molecule has 0 spiro atoms. The van der Waals surface area contributed by atoms with Gasteiger partial charge in [-0.05, 0) is 61.1 Å². The number of ether oxygens (including phenoxy) is 1. The van der Waals surface area contributed by atoms with Crippen LogP contribution < -0.4 is 15.0 Å². The van der Waals surface area contributed by atoms with E-state index in [9.17, 15) is 4.79 Å². The fourth-order valence-electron chi connectivity index (χ4n) is 3.55. The highest BCUT2D eigenvalue weighted by atomic mass is 16.5. The van der Waals surface area contributed by atoms with Crippen molar-refractivity contribution in [2.75, 3.05) is 25.1 Å². The van der Waals surface area contributed by atoms with Crippen LogP contribution in [0.2, 0.25) is 0 Å². The summed E-state index contributed by atoms with van der Waals surface area (Å²) in [5, 5.41) is 3.09. The van der Waals surface area contributed by atoms with Gasteiger partial charge in [0.05, 0.1) is 19.6 Å². The lowest BCUT2D eigenvalue weighted by Crippen LogP contribution is -2.32. The molecule has 2 aromatic carbocycles. The third kappa shape index (κ3) is 5.25. The number of piperidine rings is 1. The quantitative estimate of drug-likeness (QED) is 0.826. The van der Waals surface area contributed by atoms with Crippen molar-refractivity contribution in [1.29, 1.82) is 0 Å². The van der Waals surface area contributed by atoms with Crippen LogP contribution in [0.3, 0.4) is 0 Å². The lowest BCUT2D eigenvalue weighted by atomic mass is 9.98. The second-order valence-corrected chi connectivity index (χ2v) is 7.58. The summed E-state index contributed by atoms with van der Waals surface area (Å²) in [4.78, 5) is 14.8. The first-order chi connectivity index (χ1) is 13.0. The number of hydrogen-bond donors (Lipinski definition) is 1. The standard InChI is InChI=1S/C23H30N2O2/c1-17-12-14-25(15-13-17)21-8-6-20(7-9-21)18(2)24-23(26)16-19-4-10-22(27-3)11-5-19/h4-11,17-18H,12-16H2,1-3H3,(H,24,26)/t18-/m0/s1. The van der Waals surface area contributed by atoms with Gasteiger partial charge in [-0.2, -0.15) is 0 Å². The van der Waals surface area contributed by atoms with Crippen LogP contribution in [0, 0.1) is 5.92 Å². The van der Waals surface area contributed by atoms with E-state index in [4.69, 9.17) is 4.74 Å². The molecule has 0 unspecified atom stereocenters. The molecule has 3 rings (SSSR count). The molecule has 1 N–H and O–H groups in total. The molecule has 1 aliphatic rings. The molecule has 1 aliphatic heterocycles. The summed E-state index contributed by atoms with van der Waals surface area (Å²) in [7, 11) is 1.64. The molecule has 2 aromatic rings. The minimum Gasteiger partial charge on any atom is -0.497 e. The van der Waals surface area contributed by atoms with Gasteiger partial charge < -0.3 is 15.0 Å². The summed E-state index contributed by atoms with van der Waals surface area (Å²) in [6, 6.07) is 16.2. The molecule has 27 heavy (non-hydrogen) atoms. The Kier molecular flexibility index (Phi) is 6.38. The zero-order valence-corrected chi connectivity index (χ0v) is 16.6. The summed E-state index contributed by atoms with van der Waals surface area (Å²) in [5.41, 5.74) is 3.39. The van der Waals surface area contributed by atoms with Gasteiger partial charge in [0.2, 0.25) is 5.91 Å². The lowest BCUT2D eigenvalue weighted by Gasteiger charge is -2.32. The van der Waals surface area contributed by atoms with Crippen LogP contribution >= 0.6 is 0 Å². The second-order valence-electron chi connectivity index (χ2n) is 7.58. The number of hydrogen-bond acceptors (Lipinski definition) is 3. The molecular weight excluding hydrogens is 336 g/mol. The average molecular weight is 367 g/mol. The second kappa shape index (κ2) is 8.94. The Balaban J connectivity index is 1.53. The number of anilines is 1. The zero-order chi connectivity index (χ0) is 19.2. The first-order valence-corrected chi connectivity index (χ1v) is 9.82.